The van der Waals surface area contributed by atoms with Gasteiger partial charge in [-0.25, -0.2) is 9.37 Å². The SMILES string of the molecule is CNC(=O)CCc1nc2ccccc2n(CC(=O)NCc2ccc(F)cc2)c1=O. The maximum Gasteiger partial charge on any atom is 0.273 e. The van der Waals surface area contributed by atoms with Gasteiger partial charge < -0.3 is 10.6 Å². The lowest BCUT2D eigenvalue weighted by atomic mass is 10.2. The summed E-state index contributed by atoms with van der Waals surface area (Å²) in [7, 11) is 1.53. The number of aryl methyl sites for hydroxylation is 1. The average molecular weight is 396 g/mol. The van der Waals surface area contributed by atoms with Crippen molar-refractivity contribution >= 4 is 22.8 Å². The van der Waals surface area contributed by atoms with Crippen LogP contribution in [0.2, 0.25) is 0 Å². The molecule has 0 saturated carbocycles. The zero-order chi connectivity index (χ0) is 20.8. The molecule has 1 heterocycles. The maximum absolute atomic E-state index is 13.0. The van der Waals surface area contributed by atoms with E-state index in [9.17, 15) is 18.8 Å². The van der Waals surface area contributed by atoms with Crippen molar-refractivity contribution in [3.8, 4) is 0 Å². The third-order valence-electron chi connectivity index (χ3n) is 4.49. The minimum Gasteiger partial charge on any atom is -0.359 e. The molecule has 0 spiro atoms. The van der Waals surface area contributed by atoms with E-state index < -0.39 is 5.56 Å². The first kappa shape index (κ1) is 20.2. The van der Waals surface area contributed by atoms with Gasteiger partial charge in [0.15, 0.2) is 0 Å². The van der Waals surface area contributed by atoms with E-state index in [0.29, 0.717) is 11.0 Å². The number of carbonyl (C=O) groups is 2. The van der Waals surface area contributed by atoms with Crippen molar-refractivity contribution in [3.05, 3.63) is 76.0 Å². The Labute approximate surface area is 166 Å². The van der Waals surface area contributed by atoms with Crippen LogP contribution in [0.4, 0.5) is 4.39 Å². The highest BCUT2D eigenvalue weighted by molar-refractivity contribution is 5.80. The smallest absolute Gasteiger partial charge is 0.273 e. The molecule has 150 valence electrons. The predicted molar refractivity (Wildman–Crippen MR) is 107 cm³/mol. The van der Waals surface area contributed by atoms with Crippen LogP contribution in [0.15, 0.2) is 53.3 Å². The van der Waals surface area contributed by atoms with Gasteiger partial charge in [-0.2, -0.15) is 0 Å². The van der Waals surface area contributed by atoms with Crippen LogP contribution in [0.25, 0.3) is 11.0 Å². The van der Waals surface area contributed by atoms with E-state index in [1.54, 1.807) is 36.4 Å². The van der Waals surface area contributed by atoms with E-state index in [0.717, 1.165) is 5.56 Å². The van der Waals surface area contributed by atoms with E-state index in [1.807, 2.05) is 0 Å². The van der Waals surface area contributed by atoms with Crippen molar-refractivity contribution in [2.45, 2.75) is 25.9 Å². The molecule has 29 heavy (non-hydrogen) atoms. The molecule has 0 radical (unpaired) electrons. The van der Waals surface area contributed by atoms with E-state index in [2.05, 4.69) is 15.6 Å². The molecule has 0 aliphatic heterocycles. The number of hydrogen-bond acceptors (Lipinski definition) is 4. The summed E-state index contributed by atoms with van der Waals surface area (Å²) >= 11 is 0. The molecule has 0 bridgehead atoms. The summed E-state index contributed by atoms with van der Waals surface area (Å²) in [6.45, 7) is 0.0381. The molecule has 8 heteroatoms. The van der Waals surface area contributed by atoms with E-state index >= 15 is 0 Å². The van der Waals surface area contributed by atoms with Gasteiger partial charge in [0.1, 0.15) is 18.1 Å². The highest BCUT2D eigenvalue weighted by atomic mass is 19.1. The molecule has 0 aliphatic rings. The van der Waals surface area contributed by atoms with Crippen LogP contribution in [0.5, 0.6) is 0 Å². The van der Waals surface area contributed by atoms with Crippen LogP contribution in [-0.2, 0) is 29.1 Å². The van der Waals surface area contributed by atoms with Gasteiger partial charge in [0.25, 0.3) is 5.56 Å². The first-order chi connectivity index (χ1) is 14.0. The van der Waals surface area contributed by atoms with Gasteiger partial charge in [0.05, 0.1) is 11.0 Å². The monoisotopic (exact) mass is 396 g/mol. The fraction of sp³-hybridized carbons (Fsp3) is 0.238. The van der Waals surface area contributed by atoms with Crippen molar-refractivity contribution < 1.29 is 14.0 Å². The Balaban J connectivity index is 1.81. The van der Waals surface area contributed by atoms with E-state index in [1.165, 1.54) is 23.7 Å². The Hall–Kier alpha value is -3.55. The molecule has 1 aromatic heterocycles. The molecular formula is C21H21FN4O3. The minimum absolute atomic E-state index is 0.133. The number of para-hydroxylation sites is 2. The standard InChI is InChI=1S/C21H21FN4O3/c1-23-19(27)11-10-17-21(29)26(18-5-3-2-4-16(18)25-17)13-20(28)24-12-14-6-8-15(22)9-7-14/h2-9H,10-13H2,1H3,(H,23,27)(H,24,28). The third kappa shape index (κ3) is 5.04. The zero-order valence-electron chi connectivity index (χ0n) is 15.9. The summed E-state index contributed by atoms with van der Waals surface area (Å²) in [5, 5.41) is 5.24. The molecular weight excluding hydrogens is 375 g/mol. The Morgan fingerprint density at radius 1 is 1.07 bits per heavy atom. The lowest BCUT2D eigenvalue weighted by Crippen LogP contribution is -2.34. The molecule has 2 aromatic carbocycles. The molecule has 0 fully saturated rings. The summed E-state index contributed by atoms with van der Waals surface area (Å²) in [5.74, 6) is -0.896. The number of rotatable bonds is 7. The Morgan fingerprint density at radius 3 is 2.52 bits per heavy atom. The summed E-state index contributed by atoms with van der Waals surface area (Å²) in [5.41, 5.74) is 1.70. The summed E-state index contributed by atoms with van der Waals surface area (Å²) in [6.07, 6.45) is 0.314. The Morgan fingerprint density at radius 2 is 1.79 bits per heavy atom. The molecule has 0 aliphatic carbocycles. The Bertz CT molecular complexity index is 1090. The molecule has 0 saturated heterocycles. The van der Waals surface area contributed by atoms with E-state index in [4.69, 9.17) is 0 Å². The number of benzene rings is 2. The highest BCUT2D eigenvalue weighted by Gasteiger charge is 2.14. The summed E-state index contributed by atoms with van der Waals surface area (Å²) in [4.78, 5) is 41.2. The lowest BCUT2D eigenvalue weighted by molar-refractivity contribution is -0.122. The molecule has 7 nitrogen and oxygen atoms in total. The van der Waals surface area contributed by atoms with Crippen molar-refractivity contribution in [3.63, 3.8) is 0 Å². The fourth-order valence-electron chi connectivity index (χ4n) is 2.92. The second-order valence-corrected chi connectivity index (χ2v) is 6.51. The quantitative estimate of drug-likeness (QED) is 0.633. The van der Waals surface area contributed by atoms with Gasteiger partial charge in [-0.05, 0) is 29.8 Å². The van der Waals surface area contributed by atoms with Crippen molar-refractivity contribution in [1.29, 1.82) is 0 Å². The second kappa shape index (κ2) is 9.09. The summed E-state index contributed by atoms with van der Waals surface area (Å²) in [6, 6.07) is 12.8. The third-order valence-corrected chi connectivity index (χ3v) is 4.49. The number of fused-ring (bicyclic) bond motifs is 1. The number of carbonyl (C=O) groups excluding carboxylic acids is 2. The second-order valence-electron chi connectivity index (χ2n) is 6.51. The number of hydrogen-bond donors (Lipinski definition) is 2. The van der Waals surface area contributed by atoms with Crippen LogP contribution in [0.1, 0.15) is 17.7 Å². The van der Waals surface area contributed by atoms with Crippen LogP contribution in [0.3, 0.4) is 0 Å². The van der Waals surface area contributed by atoms with Crippen LogP contribution in [0, 0.1) is 5.82 Å². The van der Waals surface area contributed by atoms with Gasteiger partial charge >= 0.3 is 0 Å². The first-order valence-corrected chi connectivity index (χ1v) is 9.18. The van der Waals surface area contributed by atoms with Gasteiger partial charge in [-0.15, -0.1) is 0 Å². The van der Waals surface area contributed by atoms with Gasteiger partial charge in [0, 0.05) is 26.4 Å². The van der Waals surface area contributed by atoms with E-state index in [-0.39, 0.29) is 49.3 Å². The van der Waals surface area contributed by atoms with Crippen molar-refractivity contribution in [2.24, 2.45) is 0 Å². The van der Waals surface area contributed by atoms with Crippen molar-refractivity contribution in [1.82, 2.24) is 20.2 Å². The summed E-state index contributed by atoms with van der Waals surface area (Å²) < 4.78 is 14.3. The van der Waals surface area contributed by atoms with Gasteiger partial charge in [-0.3, -0.25) is 19.0 Å². The highest BCUT2D eigenvalue weighted by Crippen LogP contribution is 2.11. The van der Waals surface area contributed by atoms with Crippen molar-refractivity contribution in [2.75, 3.05) is 7.05 Å². The molecule has 0 atom stereocenters. The Kier molecular flexibility index (Phi) is 6.33. The normalized spacial score (nSPS) is 10.7. The topological polar surface area (TPSA) is 93.1 Å². The lowest BCUT2D eigenvalue weighted by Gasteiger charge is -2.12. The number of nitrogens with one attached hydrogen (secondary N) is 2. The average Bonchev–Trinajstić information content (AvgIpc) is 2.73. The molecule has 2 amide bonds. The number of aromatic nitrogens is 2. The first-order valence-electron chi connectivity index (χ1n) is 9.18. The fourth-order valence-corrected chi connectivity index (χ4v) is 2.92. The predicted octanol–water partition coefficient (Wildman–Crippen LogP) is 1.53. The number of amides is 2. The van der Waals surface area contributed by atoms with Crippen LogP contribution in [-0.4, -0.2) is 28.4 Å². The molecule has 3 aromatic rings. The molecule has 2 N–H and O–H groups in total. The van der Waals surface area contributed by atoms with Crippen LogP contribution >= 0.6 is 0 Å². The largest absolute Gasteiger partial charge is 0.359 e. The zero-order valence-corrected chi connectivity index (χ0v) is 15.9. The molecule has 3 rings (SSSR count). The van der Waals surface area contributed by atoms with Gasteiger partial charge in [-0.1, -0.05) is 24.3 Å². The minimum atomic E-state index is -0.399. The number of halogens is 1. The number of nitrogens with zero attached hydrogens (tertiary/aromatic N) is 2. The van der Waals surface area contributed by atoms with Gasteiger partial charge in [0.2, 0.25) is 11.8 Å². The van der Waals surface area contributed by atoms with Crippen LogP contribution < -0.4 is 16.2 Å². The molecule has 0 unspecified atom stereocenters. The maximum atomic E-state index is 13.0.